The molecule has 0 saturated carbocycles. The molecule has 5 nitrogen and oxygen atoms in total. The Morgan fingerprint density at radius 3 is 2.50 bits per heavy atom. The van der Waals surface area contributed by atoms with Gasteiger partial charge in [-0.25, -0.2) is 0 Å². The lowest BCUT2D eigenvalue weighted by atomic mass is 9.96. The van der Waals surface area contributed by atoms with Gasteiger partial charge in [-0.2, -0.15) is 0 Å². The first-order valence-electron chi connectivity index (χ1n) is 8.29. The predicted octanol–water partition coefficient (Wildman–Crippen LogP) is 2.33. The van der Waals surface area contributed by atoms with Gasteiger partial charge < -0.3 is 15.4 Å². The maximum Gasteiger partial charge on any atom is 0.263 e. The predicted molar refractivity (Wildman–Crippen MR) is 92.5 cm³/mol. The molecule has 2 aromatic carbocycles. The van der Waals surface area contributed by atoms with E-state index in [2.05, 4.69) is 0 Å². The van der Waals surface area contributed by atoms with Crippen LogP contribution in [-0.4, -0.2) is 35.9 Å². The summed E-state index contributed by atoms with van der Waals surface area (Å²) in [6.07, 6.45) is 0.686. The number of carbonyl (C=O) groups excluding carboxylic acids is 2. The van der Waals surface area contributed by atoms with Crippen LogP contribution in [0.2, 0.25) is 0 Å². The van der Waals surface area contributed by atoms with Crippen molar-refractivity contribution >= 4 is 22.6 Å². The minimum absolute atomic E-state index is 0.0501. The molecular formula is C19H22N2O3. The summed E-state index contributed by atoms with van der Waals surface area (Å²) >= 11 is 0. The number of benzene rings is 2. The number of carbonyl (C=O) groups is 2. The molecule has 0 radical (unpaired) electrons. The molecule has 0 aliphatic carbocycles. The number of ether oxygens (including phenoxy) is 1. The Kier molecular flexibility index (Phi) is 4.69. The van der Waals surface area contributed by atoms with Crippen LogP contribution in [0.5, 0.6) is 5.75 Å². The molecular weight excluding hydrogens is 304 g/mol. The zero-order valence-electron chi connectivity index (χ0n) is 13.8. The van der Waals surface area contributed by atoms with Crippen molar-refractivity contribution in [2.24, 2.45) is 11.7 Å². The Morgan fingerprint density at radius 1 is 1.12 bits per heavy atom. The van der Waals surface area contributed by atoms with E-state index in [0.717, 1.165) is 10.8 Å². The Labute approximate surface area is 141 Å². The molecule has 2 aromatic rings. The van der Waals surface area contributed by atoms with Crippen LogP contribution < -0.4 is 10.5 Å². The highest BCUT2D eigenvalue weighted by atomic mass is 16.5. The van der Waals surface area contributed by atoms with Crippen LogP contribution in [-0.2, 0) is 9.59 Å². The summed E-state index contributed by atoms with van der Waals surface area (Å²) in [6, 6.07) is 13.8. The summed E-state index contributed by atoms with van der Waals surface area (Å²) in [5.41, 5.74) is 5.34. The number of hydrogen-bond donors (Lipinski definition) is 1. The first-order chi connectivity index (χ1) is 11.6. The number of nitrogens with two attached hydrogens (primary N) is 1. The lowest BCUT2D eigenvalue weighted by Gasteiger charge is -2.32. The second-order valence-electron chi connectivity index (χ2n) is 6.24. The number of fused-ring (bicyclic) bond motifs is 1. The van der Waals surface area contributed by atoms with Crippen molar-refractivity contribution in [1.29, 1.82) is 0 Å². The van der Waals surface area contributed by atoms with Crippen LogP contribution >= 0.6 is 0 Å². The molecule has 1 heterocycles. The number of rotatable bonds is 4. The largest absolute Gasteiger partial charge is 0.480 e. The molecule has 3 rings (SSSR count). The van der Waals surface area contributed by atoms with E-state index in [-0.39, 0.29) is 17.7 Å². The van der Waals surface area contributed by atoms with Gasteiger partial charge >= 0.3 is 0 Å². The summed E-state index contributed by atoms with van der Waals surface area (Å²) < 4.78 is 5.93. The third kappa shape index (κ3) is 3.35. The van der Waals surface area contributed by atoms with E-state index in [1.807, 2.05) is 42.5 Å². The maximum atomic E-state index is 12.6. The molecule has 0 aromatic heterocycles. The molecule has 24 heavy (non-hydrogen) atoms. The molecule has 5 heteroatoms. The zero-order valence-corrected chi connectivity index (χ0v) is 13.8. The molecule has 0 bridgehead atoms. The molecule has 126 valence electrons. The van der Waals surface area contributed by atoms with Gasteiger partial charge in [0.05, 0.1) is 0 Å². The Balaban J connectivity index is 1.67. The zero-order chi connectivity index (χ0) is 17.1. The van der Waals surface area contributed by atoms with Gasteiger partial charge in [0.2, 0.25) is 5.91 Å². The SMILES string of the molecule is C[C@@H](Oc1cccc2ccccc12)C(=O)N1CCC(C(N)=O)CC1. The Morgan fingerprint density at radius 2 is 1.79 bits per heavy atom. The third-order valence-electron chi connectivity index (χ3n) is 4.61. The summed E-state index contributed by atoms with van der Waals surface area (Å²) in [7, 11) is 0. The van der Waals surface area contributed by atoms with Crippen molar-refractivity contribution < 1.29 is 14.3 Å². The molecule has 2 N–H and O–H groups in total. The van der Waals surface area contributed by atoms with E-state index >= 15 is 0 Å². The highest BCUT2D eigenvalue weighted by Gasteiger charge is 2.29. The van der Waals surface area contributed by atoms with Gasteiger partial charge in [-0.15, -0.1) is 0 Å². The van der Waals surface area contributed by atoms with Crippen LogP contribution in [0.1, 0.15) is 19.8 Å². The molecule has 2 amide bonds. The van der Waals surface area contributed by atoms with Crippen LogP contribution in [0.25, 0.3) is 10.8 Å². The molecule has 1 aliphatic heterocycles. The minimum Gasteiger partial charge on any atom is -0.480 e. The van der Waals surface area contributed by atoms with Crippen LogP contribution in [0.4, 0.5) is 0 Å². The van der Waals surface area contributed by atoms with Crippen LogP contribution in [0.3, 0.4) is 0 Å². The average molecular weight is 326 g/mol. The molecule has 1 saturated heterocycles. The number of amides is 2. The molecule has 1 aliphatic rings. The van der Waals surface area contributed by atoms with Crippen molar-refractivity contribution in [2.45, 2.75) is 25.9 Å². The average Bonchev–Trinajstić information content (AvgIpc) is 2.61. The van der Waals surface area contributed by atoms with E-state index < -0.39 is 6.10 Å². The fourth-order valence-electron chi connectivity index (χ4n) is 3.18. The molecule has 0 unspecified atom stereocenters. The van der Waals surface area contributed by atoms with E-state index in [1.165, 1.54) is 0 Å². The summed E-state index contributed by atoms with van der Waals surface area (Å²) in [5.74, 6) is 0.261. The number of likely N-dealkylation sites (tertiary alicyclic amines) is 1. The summed E-state index contributed by atoms with van der Waals surface area (Å²) in [5, 5.41) is 2.07. The van der Waals surface area contributed by atoms with Gasteiger partial charge in [-0.1, -0.05) is 36.4 Å². The van der Waals surface area contributed by atoms with Crippen molar-refractivity contribution in [2.75, 3.05) is 13.1 Å². The monoisotopic (exact) mass is 326 g/mol. The Hall–Kier alpha value is -2.56. The van der Waals surface area contributed by atoms with Gasteiger partial charge in [-0.3, -0.25) is 9.59 Å². The van der Waals surface area contributed by atoms with Crippen molar-refractivity contribution in [3.63, 3.8) is 0 Å². The second kappa shape index (κ2) is 6.91. The van der Waals surface area contributed by atoms with E-state index in [4.69, 9.17) is 10.5 Å². The van der Waals surface area contributed by atoms with Gasteiger partial charge in [0.25, 0.3) is 5.91 Å². The fourth-order valence-corrected chi connectivity index (χ4v) is 3.18. The lowest BCUT2D eigenvalue weighted by Crippen LogP contribution is -2.46. The smallest absolute Gasteiger partial charge is 0.263 e. The minimum atomic E-state index is -0.569. The first-order valence-corrected chi connectivity index (χ1v) is 8.29. The van der Waals surface area contributed by atoms with Crippen molar-refractivity contribution in [3.05, 3.63) is 42.5 Å². The van der Waals surface area contributed by atoms with Gasteiger partial charge in [0.15, 0.2) is 6.10 Å². The summed E-state index contributed by atoms with van der Waals surface area (Å²) in [6.45, 7) is 2.87. The standard InChI is InChI=1S/C19H22N2O3/c1-13(19(23)21-11-9-15(10-12-21)18(20)22)24-17-8-4-6-14-5-2-3-7-16(14)17/h2-8,13,15H,9-12H2,1H3,(H2,20,22)/t13-/m1/s1. The van der Waals surface area contributed by atoms with Gasteiger partial charge in [0.1, 0.15) is 5.75 Å². The third-order valence-corrected chi connectivity index (χ3v) is 4.61. The van der Waals surface area contributed by atoms with Crippen LogP contribution in [0, 0.1) is 5.92 Å². The number of piperidine rings is 1. The molecule has 1 fully saturated rings. The number of primary amides is 1. The molecule has 0 spiro atoms. The first kappa shape index (κ1) is 16.3. The summed E-state index contributed by atoms with van der Waals surface area (Å²) in [4.78, 5) is 25.6. The normalized spacial score (nSPS) is 16.8. The highest BCUT2D eigenvalue weighted by molar-refractivity contribution is 5.89. The fraction of sp³-hybridized carbons (Fsp3) is 0.368. The maximum absolute atomic E-state index is 12.6. The quantitative estimate of drug-likeness (QED) is 0.937. The lowest BCUT2D eigenvalue weighted by molar-refractivity contribution is -0.140. The topological polar surface area (TPSA) is 72.6 Å². The van der Waals surface area contributed by atoms with E-state index in [0.29, 0.717) is 31.7 Å². The van der Waals surface area contributed by atoms with Crippen molar-refractivity contribution in [1.82, 2.24) is 4.90 Å². The van der Waals surface area contributed by atoms with E-state index in [9.17, 15) is 9.59 Å². The van der Waals surface area contributed by atoms with Gasteiger partial charge in [-0.05, 0) is 31.2 Å². The molecule has 1 atom stereocenters. The van der Waals surface area contributed by atoms with E-state index in [1.54, 1.807) is 11.8 Å². The second-order valence-corrected chi connectivity index (χ2v) is 6.24. The van der Waals surface area contributed by atoms with Crippen LogP contribution in [0.15, 0.2) is 42.5 Å². The Bertz CT molecular complexity index is 746. The van der Waals surface area contributed by atoms with Crippen molar-refractivity contribution in [3.8, 4) is 5.75 Å². The number of hydrogen-bond acceptors (Lipinski definition) is 3. The van der Waals surface area contributed by atoms with Gasteiger partial charge in [0, 0.05) is 24.4 Å². The number of nitrogens with zero attached hydrogens (tertiary/aromatic N) is 1. The highest BCUT2D eigenvalue weighted by Crippen LogP contribution is 2.26.